The van der Waals surface area contributed by atoms with Crippen molar-refractivity contribution >= 4 is 15.7 Å². The van der Waals surface area contributed by atoms with Gasteiger partial charge in [0.25, 0.3) is 5.91 Å². The third-order valence-electron chi connectivity index (χ3n) is 3.55. The molecule has 0 bridgehead atoms. The highest BCUT2D eigenvalue weighted by atomic mass is 32.2. The van der Waals surface area contributed by atoms with Crippen LogP contribution in [-0.2, 0) is 16.3 Å². The molecule has 2 heterocycles. The van der Waals surface area contributed by atoms with Gasteiger partial charge in [0.05, 0.1) is 10.5 Å². The molecule has 0 atom stereocenters. The van der Waals surface area contributed by atoms with Crippen molar-refractivity contribution in [3.05, 3.63) is 23.7 Å². The van der Waals surface area contributed by atoms with E-state index in [9.17, 15) is 13.2 Å². The summed E-state index contributed by atoms with van der Waals surface area (Å²) in [5.41, 5.74) is 0. The quantitative estimate of drug-likeness (QED) is 0.825. The molecule has 2 rings (SSSR count). The van der Waals surface area contributed by atoms with Crippen LogP contribution in [0.1, 0.15) is 37.1 Å². The van der Waals surface area contributed by atoms with Crippen LogP contribution < -0.4 is 0 Å². The van der Waals surface area contributed by atoms with Crippen LogP contribution in [-0.4, -0.2) is 42.8 Å². The topological polar surface area (TPSA) is 67.6 Å². The van der Waals surface area contributed by atoms with Gasteiger partial charge in [-0.05, 0) is 26.0 Å². The number of aryl methyl sites for hydroxylation is 1. The SMILES string of the molecule is CCc1ccc(C(=O)N2CCS(=O)(=O)C(C)(C)C2)o1. The van der Waals surface area contributed by atoms with Crippen LogP contribution in [0.25, 0.3) is 0 Å². The molecule has 6 heteroatoms. The average Bonchev–Trinajstić information content (AvgIpc) is 2.80. The van der Waals surface area contributed by atoms with E-state index in [1.165, 1.54) is 0 Å². The van der Waals surface area contributed by atoms with Gasteiger partial charge in [-0.3, -0.25) is 4.79 Å². The molecule has 0 aromatic carbocycles. The van der Waals surface area contributed by atoms with E-state index in [0.29, 0.717) is 0 Å². The van der Waals surface area contributed by atoms with E-state index < -0.39 is 14.6 Å². The monoisotopic (exact) mass is 285 g/mol. The molecule has 0 N–H and O–H groups in total. The van der Waals surface area contributed by atoms with Crippen LogP contribution in [0.2, 0.25) is 0 Å². The zero-order valence-electron chi connectivity index (χ0n) is 11.5. The summed E-state index contributed by atoms with van der Waals surface area (Å²) in [6.45, 7) is 5.69. The molecule has 1 amide bonds. The van der Waals surface area contributed by atoms with Crippen molar-refractivity contribution in [3.63, 3.8) is 0 Å². The van der Waals surface area contributed by atoms with Crippen molar-refractivity contribution in [3.8, 4) is 0 Å². The van der Waals surface area contributed by atoms with Crippen molar-refractivity contribution < 1.29 is 17.6 Å². The smallest absolute Gasteiger partial charge is 0.289 e. The summed E-state index contributed by atoms with van der Waals surface area (Å²) in [4.78, 5) is 13.8. The number of rotatable bonds is 2. The zero-order chi connectivity index (χ0) is 14.3. The lowest BCUT2D eigenvalue weighted by atomic mass is 10.2. The molecule has 0 aliphatic carbocycles. The lowest BCUT2D eigenvalue weighted by Gasteiger charge is -2.37. The Kier molecular flexibility index (Phi) is 3.47. The highest BCUT2D eigenvalue weighted by molar-refractivity contribution is 7.92. The van der Waals surface area contributed by atoms with E-state index in [0.717, 1.165) is 12.2 Å². The van der Waals surface area contributed by atoms with E-state index in [-0.39, 0.29) is 30.5 Å². The van der Waals surface area contributed by atoms with Gasteiger partial charge >= 0.3 is 0 Å². The molecule has 1 aliphatic heterocycles. The number of furan rings is 1. The highest BCUT2D eigenvalue weighted by Gasteiger charge is 2.42. The summed E-state index contributed by atoms with van der Waals surface area (Å²) in [5, 5.41) is 0. The number of amides is 1. The molecule has 19 heavy (non-hydrogen) atoms. The summed E-state index contributed by atoms with van der Waals surface area (Å²) in [6, 6.07) is 3.43. The number of hydrogen-bond acceptors (Lipinski definition) is 4. The van der Waals surface area contributed by atoms with Crippen molar-refractivity contribution in [2.24, 2.45) is 0 Å². The molecular formula is C13H19NO4S. The number of carbonyl (C=O) groups is 1. The van der Waals surface area contributed by atoms with E-state index >= 15 is 0 Å². The minimum Gasteiger partial charge on any atom is -0.456 e. The summed E-state index contributed by atoms with van der Waals surface area (Å²) in [5.74, 6) is 0.814. The van der Waals surface area contributed by atoms with Gasteiger partial charge in [0.1, 0.15) is 5.76 Å². The molecule has 0 unspecified atom stereocenters. The third kappa shape index (κ3) is 2.54. The van der Waals surface area contributed by atoms with Crippen molar-refractivity contribution in [1.82, 2.24) is 4.90 Å². The Bertz CT molecular complexity index is 586. The lowest BCUT2D eigenvalue weighted by molar-refractivity contribution is 0.0709. The van der Waals surface area contributed by atoms with Gasteiger partial charge in [0.15, 0.2) is 15.6 Å². The van der Waals surface area contributed by atoms with Crippen molar-refractivity contribution in [2.75, 3.05) is 18.8 Å². The molecule has 1 aromatic rings. The Hall–Kier alpha value is -1.30. The van der Waals surface area contributed by atoms with Gasteiger partial charge in [0, 0.05) is 19.5 Å². The van der Waals surface area contributed by atoms with Gasteiger partial charge in [0.2, 0.25) is 0 Å². The standard InChI is InChI=1S/C13H19NO4S/c1-4-10-5-6-11(18-10)12(15)14-7-8-19(16,17)13(2,3)9-14/h5-6H,4,7-9H2,1-3H3. The molecule has 106 valence electrons. The van der Waals surface area contributed by atoms with Crippen molar-refractivity contribution in [1.29, 1.82) is 0 Å². The molecule has 0 saturated carbocycles. The maximum atomic E-state index is 12.3. The summed E-state index contributed by atoms with van der Waals surface area (Å²) in [6.07, 6.45) is 0.729. The number of sulfone groups is 1. The predicted molar refractivity (Wildman–Crippen MR) is 71.9 cm³/mol. The average molecular weight is 285 g/mol. The first-order chi connectivity index (χ1) is 8.77. The van der Waals surface area contributed by atoms with E-state index in [4.69, 9.17) is 4.42 Å². The maximum absolute atomic E-state index is 12.3. The first-order valence-electron chi connectivity index (χ1n) is 6.37. The van der Waals surface area contributed by atoms with Gasteiger partial charge in [-0.25, -0.2) is 8.42 Å². The van der Waals surface area contributed by atoms with Crippen LogP contribution in [0.15, 0.2) is 16.5 Å². The second-order valence-corrected chi connectivity index (χ2v) is 8.17. The fraction of sp³-hybridized carbons (Fsp3) is 0.615. The predicted octanol–water partition coefficient (Wildman–Crippen LogP) is 1.49. The fourth-order valence-corrected chi connectivity index (χ4v) is 3.52. The largest absolute Gasteiger partial charge is 0.456 e. The van der Waals surface area contributed by atoms with Gasteiger partial charge < -0.3 is 9.32 Å². The van der Waals surface area contributed by atoms with Gasteiger partial charge in [-0.2, -0.15) is 0 Å². The maximum Gasteiger partial charge on any atom is 0.289 e. The minimum absolute atomic E-state index is 0.00703. The van der Waals surface area contributed by atoms with Crippen LogP contribution in [0.5, 0.6) is 0 Å². The number of carbonyl (C=O) groups excluding carboxylic acids is 1. The Balaban J connectivity index is 2.18. The van der Waals surface area contributed by atoms with Crippen LogP contribution in [0.4, 0.5) is 0 Å². The molecule has 0 radical (unpaired) electrons. The Morgan fingerprint density at radius 3 is 2.63 bits per heavy atom. The first kappa shape index (κ1) is 14.1. The summed E-state index contributed by atoms with van der Waals surface area (Å²) in [7, 11) is -3.13. The zero-order valence-corrected chi connectivity index (χ0v) is 12.3. The number of nitrogens with zero attached hydrogens (tertiary/aromatic N) is 1. The normalized spacial score (nSPS) is 21.3. The Labute approximate surface area is 113 Å². The Morgan fingerprint density at radius 2 is 2.11 bits per heavy atom. The third-order valence-corrected chi connectivity index (χ3v) is 6.08. The second-order valence-electron chi connectivity index (χ2n) is 5.42. The molecular weight excluding hydrogens is 266 g/mol. The van der Waals surface area contributed by atoms with Gasteiger partial charge in [-0.15, -0.1) is 0 Å². The molecule has 0 spiro atoms. The molecule has 1 saturated heterocycles. The molecule has 5 nitrogen and oxygen atoms in total. The summed E-state index contributed by atoms with van der Waals surface area (Å²) < 4.78 is 28.3. The van der Waals surface area contributed by atoms with Crippen LogP contribution >= 0.6 is 0 Å². The molecule has 1 aliphatic rings. The summed E-state index contributed by atoms with van der Waals surface area (Å²) >= 11 is 0. The van der Waals surface area contributed by atoms with E-state index in [1.807, 2.05) is 6.92 Å². The van der Waals surface area contributed by atoms with Gasteiger partial charge in [-0.1, -0.05) is 6.92 Å². The number of hydrogen-bond donors (Lipinski definition) is 0. The molecule has 1 fully saturated rings. The first-order valence-corrected chi connectivity index (χ1v) is 8.02. The van der Waals surface area contributed by atoms with E-state index in [1.54, 1.807) is 30.9 Å². The van der Waals surface area contributed by atoms with Crippen LogP contribution in [0.3, 0.4) is 0 Å². The minimum atomic E-state index is -3.13. The highest BCUT2D eigenvalue weighted by Crippen LogP contribution is 2.25. The lowest BCUT2D eigenvalue weighted by Crippen LogP contribution is -2.54. The fourth-order valence-electron chi connectivity index (χ4n) is 2.16. The second kappa shape index (κ2) is 4.67. The molecule has 1 aromatic heterocycles. The van der Waals surface area contributed by atoms with E-state index in [2.05, 4.69) is 0 Å². The van der Waals surface area contributed by atoms with Crippen molar-refractivity contribution in [2.45, 2.75) is 31.9 Å². The van der Waals surface area contributed by atoms with Crippen LogP contribution in [0, 0.1) is 0 Å². The Morgan fingerprint density at radius 1 is 1.42 bits per heavy atom.